The Hall–Kier alpha value is -0.420. The fourth-order valence-electron chi connectivity index (χ4n) is 2.04. The Morgan fingerprint density at radius 2 is 2.16 bits per heavy atom. The van der Waals surface area contributed by atoms with E-state index in [1.165, 1.54) is 12.2 Å². The van der Waals surface area contributed by atoms with Crippen molar-refractivity contribution in [3.63, 3.8) is 0 Å². The fourth-order valence-corrected chi connectivity index (χ4v) is 3.22. The molecule has 4 nitrogen and oxygen atoms in total. The molecule has 0 saturated carbocycles. The number of carbonyl (C=O) groups excluding carboxylic acids is 1. The molecule has 112 valence electrons. The van der Waals surface area contributed by atoms with E-state index in [-0.39, 0.29) is 12.1 Å². The van der Waals surface area contributed by atoms with Crippen LogP contribution in [0.25, 0.3) is 0 Å². The van der Waals surface area contributed by atoms with Crippen LogP contribution in [0.4, 0.5) is 4.79 Å². The van der Waals surface area contributed by atoms with Gasteiger partial charge in [0.2, 0.25) is 0 Å². The van der Waals surface area contributed by atoms with E-state index in [1.54, 1.807) is 0 Å². The molecule has 0 radical (unpaired) electrons. The quantitative estimate of drug-likeness (QED) is 0.817. The smallest absolute Gasteiger partial charge is 0.407 e. The van der Waals surface area contributed by atoms with Crippen molar-refractivity contribution >= 4 is 17.9 Å². The minimum Gasteiger partial charge on any atom is -0.444 e. The standard InChI is InChI=1S/C14H28N2O2S/c1-6-11(16-13(17)18-14(3,4)5)8-15-12-7-10(2)19-9-12/h10-12,15H,6-9H2,1-5H3,(H,16,17). The molecule has 0 aliphatic carbocycles. The third-order valence-electron chi connectivity index (χ3n) is 3.06. The Morgan fingerprint density at radius 1 is 1.47 bits per heavy atom. The molecule has 0 bridgehead atoms. The molecule has 1 amide bonds. The minimum absolute atomic E-state index is 0.135. The third-order valence-corrected chi connectivity index (χ3v) is 4.42. The number of hydrogen-bond acceptors (Lipinski definition) is 4. The highest BCUT2D eigenvalue weighted by Gasteiger charge is 2.23. The largest absolute Gasteiger partial charge is 0.444 e. The van der Waals surface area contributed by atoms with E-state index < -0.39 is 5.60 Å². The monoisotopic (exact) mass is 288 g/mol. The topological polar surface area (TPSA) is 50.4 Å². The minimum atomic E-state index is -0.437. The van der Waals surface area contributed by atoms with Crippen molar-refractivity contribution in [2.75, 3.05) is 12.3 Å². The summed E-state index contributed by atoms with van der Waals surface area (Å²) in [5, 5.41) is 7.21. The van der Waals surface area contributed by atoms with Crippen molar-refractivity contribution in [1.82, 2.24) is 10.6 Å². The molecule has 5 heteroatoms. The zero-order chi connectivity index (χ0) is 14.5. The summed E-state index contributed by atoms with van der Waals surface area (Å²) in [4.78, 5) is 11.7. The molecule has 0 spiro atoms. The first kappa shape index (κ1) is 16.6. The maximum atomic E-state index is 11.7. The van der Waals surface area contributed by atoms with Crippen LogP contribution < -0.4 is 10.6 Å². The van der Waals surface area contributed by atoms with Gasteiger partial charge in [-0.1, -0.05) is 13.8 Å². The van der Waals surface area contributed by atoms with Crippen LogP contribution in [-0.4, -0.2) is 41.3 Å². The summed E-state index contributed by atoms with van der Waals surface area (Å²) >= 11 is 2.01. The normalized spacial score (nSPS) is 25.1. The van der Waals surface area contributed by atoms with Crippen LogP contribution in [0.3, 0.4) is 0 Å². The molecule has 0 aromatic rings. The Morgan fingerprint density at radius 3 is 2.63 bits per heavy atom. The number of alkyl carbamates (subject to hydrolysis) is 1. The lowest BCUT2D eigenvalue weighted by Gasteiger charge is -2.24. The average molecular weight is 288 g/mol. The molecule has 1 heterocycles. The Kier molecular flexibility index (Phi) is 6.47. The molecule has 3 unspecified atom stereocenters. The average Bonchev–Trinajstić information content (AvgIpc) is 2.67. The summed E-state index contributed by atoms with van der Waals surface area (Å²) in [5.41, 5.74) is -0.437. The number of nitrogens with one attached hydrogen (secondary N) is 2. The lowest BCUT2D eigenvalue weighted by Crippen LogP contribution is -2.46. The fraction of sp³-hybridized carbons (Fsp3) is 0.929. The van der Waals surface area contributed by atoms with Crippen LogP contribution in [0.15, 0.2) is 0 Å². The molecular weight excluding hydrogens is 260 g/mol. The van der Waals surface area contributed by atoms with Crippen molar-refractivity contribution in [2.24, 2.45) is 0 Å². The van der Waals surface area contributed by atoms with Crippen LogP contribution in [-0.2, 0) is 4.74 Å². The van der Waals surface area contributed by atoms with Crippen molar-refractivity contribution < 1.29 is 9.53 Å². The van der Waals surface area contributed by atoms with Gasteiger partial charge in [-0.3, -0.25) is 0 Å². The van der Waals surface area contributed by atoms with E-state index in [1.807, 2.05) is 32.5 Å². The van der Waals surface area contributed by atoms with E-state index in [0.717, 1.165) is 18.2 Å². The highest BCUT2D eigenvalue weighted by Crippen LogP contribution is 2.25. The third kappa shape index (κ3) is 7.06. The van der Waals surface area contributed by atoms with Crippen molar-refractivity contribution in [3.05, 3.63) is 0 Å². The summed E-state index contributed by atoms with van der Waals surface area (Å²) in [5.74, 6) is 1.17. The van der Waals surface area contributed by atoms with Crippen LogP contribution in [0, 0.1) is 0 Å². The van der Waals surface area contributed by atoms with Crippen LogP contribution >= 0.6 is 11.8 Å². The van der Waals surface area contributed by atoms with Gasteiger partial charge in [0.1, 0.15) is 5.60 Å². The predicted molar refractivity (Wildman–Crippen MR) is 81.8 cm³/mol. The summed E-state index contributed by atoms with van der Waals surface area (Å²) in [6.07, 6.45) is 1.80. The van der Waals surface area contributed by atoms with Crippen molar-refractivity contribution in [3.8, 4) is 0 Å². The lowest BCUT2D eigenvalue weighted by atomic mass is 10.1. The molecule has 3 atom stereocenters. The van der Waals surface area contributed by atoms with Gasteiger partial charge in [0.25, 0.3) is 0 Å². The van der Waals surface area contributed by atoms with Gasteiger partial charge in [0.05, 0.1) is 0 Å². The zero-order valence-corrected chi connectivity index (χ0v) is 13.6. The number of rotatable bonds is 5. The second-order valence-corrected chi connectivity index (χ2v) is 7.71. The van der Waals surface area contributed by atoms with E-state index in [4.69, 9.17) is 4.74 Å². The van der Waals surface area contributed by atoms with Gasteiger partial charge in [-0.2, -0.15) is 11.8 Å². The lowest BCUT2D eigenvalue weighted by molar-refractivity contribution is 0.0502. The molecule has 1 aliphatic heterocycles. The molecular formula is C14H28N2O2S. The molecule has 0 aromatic heterocycles. The molecule has 19 heavy (non-hydrogen) atoms. The number of ether oxygens (including phenoxy) is 1. The van der Waals surface area contributed by atoms with Crippen molar-refractivity contribution in [2.45, 2.75) is 70.4 Å². The molecule has 1 aliphatic rings. The van der Waals surface area contributed by atoms with Crippen LogP contribution in [0.5, 0.6) is 0 Å². The van der Waals surface area contributed by atoms with Crippen molar-refractivity contribution in [1.29, 1.82) is 0 Å². The Bertz CT molecular complexity index is 292. The maximum Gasteiger partial charge on any atom is 0.407 e. The number of thioether (sulfide) groups is 1. The first-order valence-corrected chi connectivity index (χ1v) is 8.19. The van der Waals surface area contributed by atoms with Gasteiger partial charge in [-0.15, -0.1) is 0 Å². The summed E-state index contributed by atoms with van der Waals surface area (Å²) in [7, 11) is 0. The van der Waals surface area contributed by atoms with Crippen LogP contribution in [0.2, 0.25) is 0 Å². The van der Waals surface area contributed by atoms with Crippen LogP contribution in [0.1, 0.15) is 47.5 Å². The SMILES string of the molecule is CCC(CNC1CSC(C)C1)NC(=O)OC(C)(C)C. The van der Waals surface area contributed by atoms with Gasteiger partial charge in [-0.25, -0.2) is 4.79 Å². The summed E-state index contributed by atoms with van der Waals surface area (Å²) in [6, 6.07) is 0.713. The van der Waals surface area contributed by atoms with Gasteiger partial charge < -0.3 is 15.4 Å². The molecule has 0 aromatic carbocycles. The maximum absolute atomic E-state index is 11.7. The van der Waals surface area contributed by atoms with Gasteiger partial charge in [0.15, 0.2) is 0 Å². The Balaban J connectivity index is 2.27. The molecule has 1 rings (SSSR count). The summed E-state index contributed by atoms with van der Waals surface area (Å²) in [6.45, 7) is 10.8. The summed E-state index contributed by atoms with van der Waals surface area (Å²) < 4.78 is 5.28. The second-order valence-electron chi connectivity index (χ2n) is 6.24. The molecule has 1 saturated heterocycles. The number of carbonyl (C=O) groups is 1. The van der Waals surface area contributed by atoms with E-state index in [2.05, 4.69) is 24.5 Å². The highest BCUT2D eigenvalue weighted by molar-refractivity contribution is 8.00. The van der Waals surface area contributed by atoms with Gasteiger partial charge >= 0.3 is 6.09 Å². The number of hydrogen-bond donors (Lipinski definition) is 2. The van der Waals surface area contributed by atoms with E-state index in [9.17, 15) is 4.79 Å². The van der Waals surface area contributed by atoms with E-state index >= 15 is 0 Å². The first-order chi connectivity index (χ1) is 8.80. The Labute approximate surface area is 121 Å². The predicted octanol–water partition coefficient (Wildman–Crippen LogP) is 2.77. The number of amides is 1. The molecule has 2 N–H and O–H groups in total. The zero-order valence-electron chi connectivity index (χ0n) is 12.8. The van der Waals surface area contributed by atoms with E-state index in [0.29, 0.717) is 6.04 Å². The highest BCUT2D eigenvalue weighted by atomic mass is 32.2. The van der Waals surface area contributed by atoms with Gasteiger partial charge in [0, 0.05) is 29.6 Å². The second kappa shape index (κ2) is 7.39. The first-order valence-electron chi connectivity index (χ1n) is 7.14. The molecule has 1 fully saturated rings. The van der Waals surface area contributed by atoms with Gasteiger partial charge in [-0.05, 0) is 33.6 Å².